The van der Waals surface area contributed by atoms with Crippen molar-refractivity contribution in [1.29, 1.82) is 0 Å². The number of ether oxygens (including phenoxy) is 2. The lowest BCUT2D eigenvalue weighted by Gasteiger charge is -2.31. The number of methoxy groups -OCH3 is 1. The Hall–Kier alpha value is -3.17. The molecule has 0 bridgehead atoms. The number of fused-ring (bicyclic) bond motifs is 1. The Morgan fingerprint density at radius 3 is 2.43 bits per heavy atom. The molecule has 0 aliphatic carbocycles. The smallest absolute Gasteiger partial charge is 0.219 e. The lowest BCUT2D eigenvalue weighted by molar-refractivity contribution is -0.130. The Labute approximate surface area is 212 Å². The minimum Gasteiger partial charge on any atom is -0.497 e. The molecule has 2 aromatic carbocycles. The number of hydrogen-bond donors (Lipinski definition) is 1. The number of carbonyl (C=O) groups excluding carboxylic acids is 2. The maximum Gasteiger partial charge on any atom is 0.219 e. The van der Waals surface area contributed by atoms with E-state index in [1.54, 1.807) is 32.2 Å². The minimum atomic E-state index is -0.495. The average Bonchev–Trinajstić information content (AvgIpc) is 2.81. The largest absolute Gasteiger partial charge is 0.497 e. The monoisotopic (exact) mass is 522 g/mol. The number of nitrogens with zero attached hydrogens (tertiary/aromatic N) is 3. The van der Waals surface area contributed by atoms with Gasteiger partial charge in [-0.2, -0.15) is 0 Å². The van der Waals surface area contributed by atoms with Crippen molar-refractivity contribution in [2.45, 2.75) is 32.8 Å². The van der Waals surface area contributed by atoms with Crippen LogP contribution in [0.25, 0.3) is 10.9 Å². The number of piperidine rings is 1. The lowest BCUT2D eigenvalue weighted by Crippen LogP contribution is -2.40. The number of nitrogens with one attached hydrogen (secondary N) is 1. The van der Waals surface area contributed by atoms with Crippen LogP contribution in [0.3, 0.4) is 0 Å². The molecular weight excluding hydrogens is 498 g/mol. The van der Waals surface area contributed by atoms with Crippen LogP contribution in [-0.2, 0) is 9.59 Å². The summed E-state index contributed by atoms with van der Waals surface area (Å²) in [6.45, 7) is 4.17. The standard InChI is InChI=1S/C22H22ClFN4O3.C2H3ClO/c1-13(29)28-7-5-15(6-8-28)31-20-11-16(30-2)10-19-21(20)22(26-12-25-19)27-14-3-4-18(24)17(23)9-14;1-2(3)4/h3-4,9-12,15H,5-8H2,1-2H3,(H,25,26,27);1H3. The highest BCUT2D eigenvalue weighted by atomic mass is 35.5. The summed E-state index contributed by atoms with van der Waals surface area (Å²) in [5, 5.41) is 3.51. The number of hydrogen-bond acceptors (Lipinski definition) is 7. The van der Waals surface area contributed by atoms with E-state index in [1.165, 1.54) is 25.4 Å². The lowest BCUT2D eigenvalue weighted by atomic mass is 10.1. The van der Waals surface area contributed by atoms with Crippen molar-refractivity contribution in [3.05, 3.63) is 47.5 Å². The molecule has 0 unspecified atom stereocenters. The molecule has 186 valence electrons. The first-order valence-corrected chi connectivity index (χ1v) is 11.6. The molecule has 8 nitrogen and oxygen atoms in total. The number of rotatable bonds is 5. The molecule has 11 heteroatoms. The molecular formula is C24H25Cl2FN4O4. The van der Waals surface area contributed by atoms with Crippen LogP contribution in [0.15, 0.2) is 36.7 Å². The van der Waals surface area contributed by atoms with Crippen LogP contribution >= 0.6 is 23.2 Å². The van der Waals surface area contributed by atoms with Crippen molar-refractivity contribution in [2.24, 2.45) is 0 Å². The Morgan fingerprint density at radius 1 is 1.14 bits per heavy atom. The molecule has 1 aliphatic heterocycles. The zero-order valence-electron chi connectivity index (χ0n) is 19.5. The highest BCUT2D eigenvalue weighted by Crippen LogP contribution is 2.37. The summed E-state index contributed by atoms with van der Waals surface area (Å²) in [6.07, 6.45) is 2.83. The molecule has 0 radical (unpaired) electrons. The summed E-state index contributed by atoms with van der Waals surface area (Å²) in [7, 11) is 1.58. The van der Waals surface area contributed by atoms with Gasteiger partial charge in [-0.25, -0.2) is 14.4 Å². The molecule has 0 spiro atoms. The van der Waals surface area contributed by atoms with Crippen LogP contribution in [-0.4, -0.2) is 52.3 Å². The first-order valence-electron chi connectivity index (χ1n) is 10.8. The van der Waals surface area contributed by atoms with Crippen molar-refractivity contribution in [2.75, 3.05) is 25.5 Å². The van der Waals surface area contributed by atoms with Crippen molar-refractivity contribution in [3.8, 4) is 11.5 Å². The van der Waals surface area contributed by atoms with Crippen molar-refractivity contribution in [1.82, 2.24) is 14.9 Å². The summed E-state index contributed by atoms with van der Waals surface area (Å²) in [6, 6.07) is 7.96. The molecule has 1 N–H and O–H groups in total. The Morgan fingerprint density at radius 2 is 1.83 bits per heavy atom. The third kappa shape index (κ3) is 7.16. The van der Waals surface area contributed by atoms with Gasteiger partial charge in [-0.05, 0) is 29.8 Å². The highest BCUT2D eigenvalue weighted by Gasteiger charge is 2.24. The van der Waals surface area contributed by atoms with Crippen LogP contribution in [0.2, 0.25) is 5.02 Å². The molecule has 35 heavy (non-hydrogen) atoms. The number of amides is 1. The predicted octanol–water partition coefficient (Wildman–Crippen LogP) is 5.34. The Bertz CT molecular complexity index is 1220. The molecule has 1 aliphatic rings. The summed E-state index contributed by atoms with van der Waals surface area (Å²) in [4.78, 5) is 31.4. The van der Waals surface area contributed by atoms with Gasteiger partial charge in [-0.15, -0.1) is 0 Å². The van der Waals surface area contributed by atoms with E-state index < -0.39 is 5.82 Å². The molecule has 2 heterocycles. The van der Waals surface area contributed by atoms with Crippen LogP contribution < -0.4 is 14.8 Å². The van der Waals surface area contributed by atoms with Crippen molar-refractivity contribution >= 4 is 56.8 Å². The second-order valence-corrected chi connectivity index (χ2v) is 8.73. The van der Waals surface area contributed by atoms with Gasteiger partial charge in [0.2, 0.25) is 11.1 Å². The van der Waals surface area contributed by atoms with Gasteiger partial charge < -0.3 is 19.7 Å². The maximum atomic E-state index is 13.5. The number of carbonyl (C=O) groups is 2. The van der Waals surface area contributed by atoms with Crippen LogP contribution in [0.4, 0.5) is 15.9 Å². The van der Waals surface area contributed by atoms with E-state index in [2.05, 4.69) is 26.9 Å². The summed E-state index contributed by atoms with van der Waals surface area (Å²) in [5.41, 5.74) is 1.23. The SMILES string of the molecule is CC(=O)Cl.COc1cc(OC2CCN(C(C)=O)CC2)c2c(Nc3ccc(F)c(Cl)c3)ncnc2c1. The van der Waals surface area contributed by atoms with Gasteiger partial charge in [-0.3, -0.25) is 9.59 Å². The van der Waals surface area contributed by atoms with E-state index in [1.807, 2.05) is 4.90 Å². The molecule has 1 saturated heterocycles. The van der Waals surface area contributed by atoms with Gasteiger partial charge >= 0.3 is 0 Å². The average molecular weight is 523 g/mol. The first-order chi connectivity index (χ1) is 16.7. The third-order valence-electron chi connectivity index (χ3n) is 5.27. The van der Waals surface area contributed by atoms with Gasteiger partial charge in [-0.1, -0.05) is 11.6 Å². The summed E-state index contributed by atoms with van der Waals surface area (Å²) in [5.74, 6) is 1.27. The summed E-state index contributed by atoms with van der Waals surface area (Å²) < 4.78 is 25.3. The normalized spacial score (nSPS) is 13.6. The van der Waals surface area contributed by atoms with Gasteiger partial charge in [0.05, 0.1) is 23.0 Å². The number of anilines is 2. The second-order valence-electron chi connectivity index (χ2n) is 7.79. The third-order valence-corrected chi connectivity index (χ3v) is 5.56. The number of benzene rings is 2. The zero-order chi connectivity index (χ0) is 25.5. The number of halogens is 3. The van der Waals surface area contributed by atoms with Crippen LogP contribution in [0.5, 0.6) is 11.5 Å². The topological polar surface area (TPSA) is 93.7 Å². The fourth-order valence-corrected chi connectivity index (χ4v) is 3.79. The van der Waals surface area contributed by atoms with E-state index in [0.717, 1.165) is 12.8 Å². The Balaban J connectivity index is 0.000000795. The van der Waals surface area contributed by atoms with E-state index in [0.29, 0.717) is 47.0 Å². The van der Waals surface area contributed by atoms with Crippen LogP contribution in [0, 0.1) is 5.82 Å². The quantitative estimate of drug-likeness (QED) is 0.452. The molecule has 4 rings (SSSR count). The zero-order valence-corrected chi connectivity index (χ0v) is 21.0. The number of likely N-dealkylation sites (tertiary alicyclic amines) is 1. The van der Waals surface area contributed by atoms with Gasteiger partial charge in [0.1, 0.15) is 35.6 Å². The van der Waals surface area contributed by atoms with Gasteiger partial charge in [0.25, 0.3) is 0 Å². The summed E-state index contributed by atoms with van der Waals surface area (Å²) >= 11 is 10.6. The van der Waals surface area contributed by atoms with Crippen molar-refractivity contribution in [3.63, 3.8) is 0 Å². The molecule has 1 aromatic heterocycles. The molecule has 0 saturated carbocycles. The Kier molecular flexibility index (Phi) is 9.06. The second kappa shape index (κ2) is 12.0. The van der Waals surface area contributed by atoms with Gasteiger partial charge in [0, 0.05) is 57.6 Å². The van der Waals surface area contributed by atoms with E-state index in [4.69, 9.17) is 21.1 Å². The van der Waals surface area contributed by atoms with E-state index in [9.17, 15) is 14.0 Å². The van der Waals surface area contributed by atoms with Gasteiger partial charge in [0.15, 0.2) is 0 Å². The first kappa shape index (κ1) is 26.4. The molecule has 3 aromatic rings. The van der Waals surface area contributed by atoms with E-state index >= 15 is 0 Å². The van der Waals surface area contributed by atoms with E-state index in [-0.39, 0.29) is 22.3 Å². The number of aromatic nitrogens is 2. The molecule has 1 fully saturated rings. The predicted molar refractivity (Wildman–Crippen MR) is 133 cm³/mol. The fraction of sp³-hybridized carbons (Fsp3) is 0.333. The highest BCUT2D eigenvalue weighted by molar-refractivity contribution is 6.62. The molecule has 0 atom stereocenters. The van der Waals surface area contributed by atoms with Crippen molar-refractivity contribution < 1.29 is 23.5 Å². The maximum absolute atomic E-state index is 13.5. The fourth-order valence-electron chi connectivity index (χ4n) is 3.61. The molecule has 1 amide bonds. The van der Waals surface area contributed by atoms with Crippen LogP contribution in [0.1, 0.15) is 26.7 Å². The minimum absolute atomic E-state index is 0.0127.